The first-order valence-electron chi connectivity index (χ1n) is 7.94. The Morgan fingerprint density at radius 1 is 1.33 bits per heavy atom. The molecule has 1 heterocycles. The molecule has 1 unspecified atom stereocenters. The van der Waals surface area contributed by atoms with Gasteiger partial charge in [0.25, 0.3) is 0 Å². The van der Waals surface area contributed by atoms with Gasteiger partial charge in [0.1, 0.15) is 0 Å². The maximum atomic E-state index is 12.9. The summed E-state index contributed by atoms with van der Waals surface area (Å²) in [5.41, 5.74) is -0.683. The Labute approximate surface area is 144 Å². The highest BCUT2D eigenvalue weighted by molar-refractivity contribution is 7.99. The van der Waals surface area contributed by atoms with Crippen molar-refractivity contribution in [2.24, 2.45) is 0 Å². The third-order valence-corrected chi connectivity index (χ3v) is 5.26. The van der Waals surface area contributed by atoms with Gasteiger partial charge in [0.05, 0.1) is 5.56 Å². The lowest BCUT2D eigenvalue weighted by Crippen LogP contribution is -2.43. The fourth-order valence-electron chi connectivity index (χ4n) is 2.58. The van der Waals surface area contributed by atoms with Gasteiger partial charge in [-0.05, 0) is 11.6 Å². The van der Waals surface area contributed by atoms with Crippen LogP contribution in [-0.2, 0) is 16.4 Å². The second-order valence-electron chi connectivity index (χ2n) is 6.67. The van der Waals surface area contributed by atoms with Crippen LogP contribution in [0.1, 0.15) is 31.4 Å². The predicted octanol–water partition coefficient (Wildman–Crippen LogP) is 3.19. The zero-order chi connectivity index (χ0) is 17.8. The first kappa shape index (κ1) is 19.1. The number of carbonyl (C=O) groups is 1. The van der Waals surface area contributed by atoms with Crippen LogP contribution in [0.4, 0.5) is 13.2 Å². The minimum absolute atomic E-state index is 0.0740. The Balaban J connectivity index is 1.94. The summed E-state index contributed by atoms with van der Waals surface area (Å²) in [6.07, 6.45) is -3.97. The topological polar surface area (TPSA) is 41.1 Å². The smallest absolute Gasteiger partial charge is 0.355 e. The maximum absolute atomic E-state index is 12.9. The van der Waals surface area contributed by atoms with Gasteiger partial charge in [-0.15, -0.1) is 0 Å². The average molecular weight is 360 g/mol. The Morgan fingerprint density at radius 2 is 2.04 bits per heavy atom. The molecule has 1 atom stereocenters. The van der Waals surface area contributed by atoms with Crippen LogP contribution in [0.2, 0.25) is 0 Å². The van der Waals surface area contributed by atoms with Crippen molar-refractivity contribution >= 4 is 17.7 Å². The summed E-state index contributed by atoms with van der Waals surface area (Å²) < 4.78 is 38.6. The van der Waals surface area contributed by atoms with E-state index >= 15 is 0 Å². The summed E-state index contributed by atoms with van der Waals surface area (Å²) in [5.74, 6) is 1.89. The van der Waals surface area contributed by atoms with Gasteiger partial charge in [0.2, 0.25) is 5.91 Å². The van der Waals surface area contributed by atoms with Crippen LogP contribution < -0.4 is 10.6 Å². The lowest BCUT2D eigenvalue weighted by Gasteiger charge is -2.27. The summed E-state index contributed by atoms with van der Waals surface area (Å²) in [5, 5.41) is 6.15. The summed E-state index contributed by atoms with van der Waals surface area (Å²) in [7, 11) is 0. The van der Waals surface area contributed by atoms with E-state index in [0.717, 1.165) is 30.2 Å². The molecule has 24 heavy (non-hydrogen) atoms. The number of nitrogens with one attached hydrogen (secondary N) is 2. The Morgan fingerprint density at radius 3 is 2.67 bits per heavy atom. The van der Waals surface area contributed by atoms with E-state index < -0.39 is 17.2 Å². The van der Waals surface area contributed by atoms with E-state index in [1.54, 1.807) is 6.07 Å². The van der Waals surface area contributed by atoms with Crippen molar-refractivity contribution in [3.63, 3.8) is 0 Å². The monoisotopic (exact) mass is 360 g/mol. The highest BCUT2D eigenvalue weighted by Gasteiger charge is 2.32. The second-order valence-corrected chi connectivity index (χ2v) is 7.82. The molecule has 1 aromatic rings. The van der Waals surface area contributed by atoms with Crippen LogP contribution in [0, 0.1) is 0 Å². The molecule has 1 aliphatic rings. The van der Waals surface area contributed by atoms with Crippen LogP contribution >= 0.6 is 11.8 Å². The molecule has 1 fully saturated rings. The van der Waals surface area contributed by atoms with Gasteiger partial charge in [0.15, 0.2) is 0 Å². The molecule has 1 saturated heterocycles. The Bertz CT molecular complexity index is 569. The van der Waals surface area contributed by atoms with E-state index in [0.29, 0.717) is 18.5 Å². The molecule has 0 bridgehead atoms. The molecule has 3 nitrogen and oxygen atoms in total. The van der Waals surface area contributed by atoms with Crippen molar-refractivity contribution in [3.8, 4) is 0 Å². The molecule has 1 aliphatic heterocycles. The lowest BCUT2D eigenvalue weighted by atomic mass is 9.83. The van der Waals surface area contributed by atoms with Gasteiger partial charge in [0, 0.05) is 42.5 Å². The summed E-state index contributed by atoms with van der Waals surface area (Å²) in [6.45, 7) is 4.86. The minimum atomic E-state index is -4.36. The number of hydrogen-bond acceptors (Lipinski definition) is 3. The molecule has 0 saturated carbocycles. The van der Waals surface area contributed by atoms with E-state index in [-0.39, 0.29) is 11.9 Å². The van der Waals surface area contributed by atoms with Crippen LogP contribution in [0.15, 0.2) is 24.3 Å². The van der Waals surface area contributed by atoms with Crippen molar-refractivity contribution in [1.29, 1.82) is 0 Å². The normalized spacial score (nSPS) is 19.1. The van der Waals surface area contributed by atoms with Gasteiger partial charge in [-0.1, -0.05) is 32.0 Å². The fourth-order valence-corrected chi connectivity index (χ4v) is 3.53. The summed E-state index contributed by atoms with van der Waals surface area (Å²) in [4.78, 5) is 12.1. The molecule has 7 heteroatoms. The van der Waals surface area contributed by atoms with Crippen LogP contribution in [0.5, 0.6) is 0 Å². The minimum Gasteiger partial charge on any atom is -0.355 e. The summed E-state index contributed by atoms with van der Waals surface area (Å²) >= 11 is 1.82. The van der Waals surface area contributed by atoms with Gasteiger partial charge in [-0.25, -0.2) is 0 Å². The summed E-state index contributed by atoms with van der Waals surface area (Å²) in [6, 6.07) is 5.46. The van der Waals surface area contributed by atoms with E-state index in [1.165, 1.54) is 6.07 Å². The molecule has 0 aliphatic carbocycles. The molecule has 0 aromatic heterocycles. The number of benzene rings is 1. The van der Waals surface area contributed by atoms with Gasteiger partial charge in [-0.3, -0.25) is 4.79 Å². The number of halogens is 3. The number of carbonyl (C=O) groups excluding carboxylic acids is 1. The zero-order valence-electron chi connectivity index (χ0n) is 13.9. The van der Waals surface area contributed by atoms with Gasteiger partial charge < -0.3 is 10.6 Å². The van der Waals surface area contributed by atoms with Crippen molar-refractivity contribution in [3.05, 3.63) is 35.4 Å². The second kappa shape index (κ2) is 7.78. The highest BCUT2D eigenvalue weighted by Crippen LogP contribution is 2.32. The molecule has 1 aromatic carbocycles. The largest absolute Gasteiger partial charge is 0.416 e. The van der Waals surface area contributed by atoms with Gasteiger partial charge >= 0.3 is 6.18 Å². The highest BCUT2D eigenvalue weighted by atomic mass is 32.2. The fraction of sp³-hybridized carbons (Fsp3) is 0.588. The van der Waals surface area contributed by atoms with E-state index in [9.17, 15) is 18.0 Å². The molecule has 1 amide bonds. The number of thioether (sulfide) groups is 1. The van der Waals surface area contributed by atoms with Crippen LogP contribution in [0.3, 0.4) is 0 Å². The zero-order valence-corrected chi connectivity index (χ0v) is 14.7. The SMILES string of the molecule is CC(C)(CNC(=O)CC1CSCCN1)c1cccc(C(F)(F)F)c1. The van der Waals surface area contributed by atoms with Crippen molar-refractivity contribution in [2.45, 2.75) is 37.9 Å². The Hall–Kier alpha value is -1.21. The molecule has 134 valence electrons. The Kier molecular flexibility index (Phi) is 6.20. The first-order valence-corrected chi connectivity index (χ1v) is 9.09. The van der Waals surface area contributed by atoms with Crippen molar-refractivity contribution in [1.82, 2.24) is 10.6 Å². The average Bonchev–Trinajstić information content (AvgIpc) is 2.53. The molecular formula is C17H23F3N2OS. The quantitative estimate of drug-likeness (QED) is 0.847. The van der Waals surface area contributed by atoms with Gasteiger partial charge in [-0.2, -0.15) is 24.9 Å². The number of amides is 1. The molecule has 2 N–H and O–H groups in total. The molecule has 0 spiro atoms. The standard InChI is InChI=1S/C17H23F3N2OS/c1-16(2,12-4-3-5-13(8-12)17(18,19)20)11-22-15(23)9-14-10-24-7-6-21-14/h3-5,8,14,21H,6-7,9-11H2,1-2H3,(H,22,23). The van der Waals surface area contributed by atoms with E-state index in [1.807, 2.05) is 25.6 Å². The first-order chi connectivity index (χ1) is 11.2. The molecule has 0 radical (unpaired) electrons. The van der Waals surface area contributed by atoms with Crippen molar-refractivity contribution in [2.75, 3.05) is 24.6 Å². The maximum Gasteiger partial charge on any atom is 0.416 e. The molecular weight excluding hydrogens is 337 g/mol. The third-order valence-electron chi connectivity index (χ3n) is 4.13. The molecule has 2 rings (SSSR count). The predicted molar refractivity (Wildman–Crippen MR) is 91.2 cm³/mol. The van der Waals surface area contributed by atoms with E-state index in [4.69, 9.17) is 0 Å². The van der Waals surface area contributed by atoms with Crippen LogP contribution in [0.25, 0.3) is 0 Å². The van der Waals surface area contributed by atoms with Crippen LogP contribution in [-0.4, -0.2) is 36.5 Å². The van der Waals surface area contributed by atoms with E-state index in [2.05, 4.69) is 10.6 Å². The number of rotatable bonds is 5. The number of alkyl halides is 3. The number of hydrogen-bond donors (Lipinski definition) is 2. The van der Waals surface area contributed by atoms with Crippen molar-refractivity contribution < 1.29 is 18.0 Å². The lowest BCUT2D eigenvalue weighted by molar-refractivity contribution is -0.137. The third kappa shape index (κ3) is 5.41.